The van der Waals surface area contributed by atoms with Crippen LogP contribution in [0.1, 0.15) is 56.0 Å². The maximum Gasteiger partial charge on any atom is 0.191 e. The van der Waals surface area contributed by atoms with E-state index >= 15 is 0 Å². The largest absolute Gasteiger partial charge is 0.359 e. The third-order valence-electron chi connectivity index (χ3n) is 4.94. The van der Waals surface area contributed by atoms with Gasteiger partial charge in [-0.2, -0.15) is 0 Å². The molecule has 1 aromatic carbocycles. The van der Waals surface area contributed by atoms with Crippen molar-refractivity contribution in [1.82, 2.24) is 20.7 Å². The molecule has 0 radical (unpaired) electrons. The summed E-state index contributed by atoms with van der Waals surface area (Å²) in [6.45, 7) is 7.82. The molecule has 1 aromatic heterocycles. The van der Waals surface area contributed by atoms with Crippen LogP contribution in [-0.4, -0.2) is 43.2 Å². The van der Waals surface area contributed by atoms with Crippen LogP contribution in [0.4, 0.5) is 0 Å². The van der Waals surface area contributed by atoms with E-state index in [0.717, 1.165) is 56.3 Å². The maximum absolute atomic E-state index is 5.46. The van der Waals surface area contributed by atoms with Gasteiger partial charge in [0.25, 0.3) is 0 Å². The van der Waals surface area contributed by atoms with Gasteiger partial charge in [0.1, 0.15) is 0 Å². The Kier molecular flexibility index (Phi) is 12.6. The lowest BCUT2D eigenvalue weighted by Gasteiger charge is -2.17. The molecule has 29 heavy (non-hydrogen) atoms. The molecule has 2 rings (SSSR count). The summed E-state index contributed by atoms with van der Waals surface area (Å²) in [6, 6.07) is 12.6. The van der Waals surface area contributed by atoms with Gasteiger partial charge in [0.05, 0.1) is 12.2 Å². The van der Waals surface area contributed by atoms with E-state index in [1.54, 1.807) is 7.05 Å². The molecule has 0 bridgehead atoms. The Morgan fingerprint density at radius 2 is 1.90 bits per heavy atom. The highest BCUT2D eigenvalue weighted by molar-refractivity contribution is 14.0. The van der Waals surface area contributed by atoms with E-state index in [4.69, 9.17) is 4.52 Å². The minimum atomic E-state index is 0. The minimum absolute atomic E-state index is 0. The Balaban J connectivity index is 0.00000420. The summed E-state index contributed by atoms with van der Waals surface area (Å²) in [6.07, 6.45) is 3.21. The van der Waals surface area contributed by atoms with Gasteiger partial charge in [-0.05, 0) is 38.4 Å². The molecular weight excluding hydrogens is 477 g/mol. The number of nitrogens with one attached hydrogen (secondary N) is 2. The number of nitrogens with zero attached hydrogens (tertiary/aromatic N) is 3. The van der Waals surface area contributed by atoms with Crippen molar-refractivity contribution >= 4 is 29.9 Å². The Hall–Kier alpha value is -1.61. The van der Waals surface area contributed by atoms with Crippen LogP contribution in [0.5, 0.6) is 0 Å². The summed E-state index contributed by atoms with van der Waals surface area (Å²) in [4.78, 5) is 6.61. The highest BCUT2D eigenvalue weighted by Crippen LogP contribution is 2.22. The zero-order valence-corrected chi connectivity index (χ0v) is 20.5. The van der Waals surface area contributed by atoms with Gasteiger partial charge in [-0.1, -0.05) is 49.3 Å². The molecule has 0 saturated carbocycles. The SMILES string of the molecule is CCC(CC)c1cc(CNC(=NC)NCCCN(C)Cc2ccccc2)on1.I. The van der Waals surface area contributed by atoms with Crippen LogP contribution >= 0.6 is 24.0 Å². The fraction of sp³-hybridized carbons (Fsp3) is 0.545. The first-order valence-corrected chi connectivity index (χ1v) is 10.3. The molecule has 7 heteroatoms. The summed E-state index contributed by atoms with van der Waals surface area (Å²) < 4.78 is 5.46. The predicted octanol–water partition coefficient (Wildman–Crippen LogP) is 4.38. The van der Waals surface area contributed by atoms with Crippen LogP contribution in [0.25, 0.3) is 0 Å². The molecule has 2 N–H and O–H groups in total. The van der Waals surface area contributed by atoms with Crippen molar-refractivity contribution in [3.05, 3.63) is 53.4 Å². The van der Waals surface area contributed by atoms with Crippen LogP contribution < -0.4 is 10.6 Å². The van der Waals surface area contributed by atoms with Crippen molar-refractivity contribution in [3.8, 4) is 0 Å². The second kappa shape index (κ2) is 14.4. The van der Waals surface area contributed by atoms with E-state index in [1.807, 2.05) is 0 Å². The van der Waals surface area contributed by atoms with Gasteiger partial charge in [-0.25, -0.2) is 0 Å². The van der Waals surface area contributed by atoms with Crippen LogP contribution in [0.3, 0.4) is 0 Å². The highest BCUT2D eigenvalue weighted by Gasteiger charge is 2.13. The summed E-state index contributed by atoms with van der Waals surface area (Å²) in [5, 5.41) is 10.9. The Labute approximate surface area is 192 Å². The van der Waals surface area contributed by atoms with Crippen molar-refractivity contribution in [2.45, 2.75) is 52.1 Å². The number of benzene rings is 1. The molecule has 0 aliphatic carbocycles. The molecule has 162 valence electrons. The molecule has 1 heterocycles. The lowest BCUT2D eigenvalue weighted by atomic mass is 9.99. The summed E-state index contributed by atoms with van der Waals surface area (Å²) in [7, 11) is 3.94. The fourth-order valence-electron chi connectivity index (χ4n) is 3.23. The van der Waals surface area contributed by atoms with Crippen molar-refractivity contribution in [1.29, 1.82) is 0 Å². The molecular formula is C22H36IN5O. The lowest BCUT2D eigenvalue weighted by molar-refractivity contribution is 0.322. The Morgan fingerprint density at radius 3 is 2.55 bits per heavy atom. The van der Waals surface area contributed by atoms with Gasteiger partial charge < -0.3 is 20.1 Å². The second-order valence-electron chi connectivity index (χ2n) is 7.16. The lowest BCUT2D eigenvalue weighted by Crippen LogP contribution is -2.38. The van der Waals surface area contributed by atoms with E-state index in [9.17, 15) is 0 Å². The number of halogens is 1. The average Bonchev–Trinajstić information content (AvgIpc) is 3.18. The smallest absolute Gasteiger partial charge is 0.191 e. The first-order chi connectivity index (χ1) is 13.7. The van der Waals surface area contributed by atoms with Crippen molar-refractivity contribution in [3.63, 3.8) is 0 Å². The molecule has 0 unspecified atom stereocenters. The van der Waals surface area contributed by atoms with E-state index in [1.165, 1.54) is 5.56 Å². The van der Waals surface area contributed by atoms with Gasteiger partial charge in [-0.15, -0.1) is 24.0 Å². The molecule has 0 atom stereocenters. The van der Waals surface area contributed by atoms with Crippen molar-refractivity contribution in [2.24, 2.45) is 4.99 Å². The minimum Gasteiger partial charge on any atom is -0.359 e. The molecule has 2 aromatic rings. The van der Waals surface area contributed by atoms with Gasteiger partial charge in [0, 0.05) is 32.1 Å². The molecule has 0 saturated heterocycles. The van der Waals surface area contributed by atoms with Gasteiger partial charge in [-0.3, -0.25) is 4.99 Å². The van der Waals surface area contributed by atoms with E-state index < -0.39 is 0 Å². The summed E-state index contributed by atoms with van der Waals surface area (Å²) >= 11 is 0. The monoisotopic (exact) mass is 513 g/mol. The first-order valence-electron chi connectivity index (χ1n) is 10.3. The fourth-order valence-corrected chi connectivity index (χ4v) is 3.23. The quantitative estimate of drug-likeness (QED) is 0.202. The van der Waals surface area contributed by atoms with Crippen LogP contribution in [0.2, 0.25) is 0 Å². The number of aromatic nitrogens is 1. The average molecular weight is 513 g/mol. The predicted molar refractivity (Wildman–Crippen MR) is 131 cm³/mol. The van der Waals surface area contributed by atoms with E-state index in [-0.39, 0.29) is 24.0 Å². The van der Waals surface area contributed by atoms with Crippen LogP contribution in [0, 0.1) is 0 Å². The number of aliphatic imine (C=N–C) groups is 1. The summed E-state index contributed by atoms with van der Waals surface area (Å²) in [5.74, 6) is 2.10. The first kappa shape index (κ1) is 25.4. The second-order valence-corrected chi connectivity index (χ2v) is 7.16. The molecule has 6 nitrogen and oxygen atoms in total. The molecule has 0 amide bonds. The Bertz CT molecular complexity index is 700. The molecule has 0 aliphatic rings. The third-order valence-corrected chi connectivity index (χ3v) is 4.94. The van der Waals surface area contributed by atoms with Crippen LogP contribution in [-0.2, 0) is 13.1 Å². The molecule has 0 spiro atoms. The maximum atomic E-state index is 5.46. The van der Waals surface area contributed by atoms with Gasteiger partial charge in [0.15, 0.2) is 11.7 Å². The number of rotatable bonds is 11. The van der Waals surface area contributed by atoms with E-state index in [0.29, 0.717) is 12.5 Å². The number of hydrogen-bond acceptors (Lipinski definition) is 4. The van der Waals surface area contributed by atoms with Gasteiger partial charge in [0.2, 0.25) is 0 Å². The van der Waals surface area contributed by atoms with Crippen molar-refractivity contribution in [2.75, 3.05) is 27.2 Å². The molecule has 0 fully saturated rings. The standard InChI is InChI=1S/C22H35N5O.HI/c1-5-19(6-2)21-15-20(28-26-21)16-25-22(23-3)24-13-10-14-27(4)17-18-11-8-7-9-12-18;/h7-9,11-12,15,19H,5-6,10,13-14,16-17H2,1-4H3,(H2,23,24,25);1H. The van der Waals surface area contributed by atoms with Crippen LogP contribution in [0.15, 0.2) is 45.9 Å². The summed E-state index contributed by atoms with van der Waals surface area (Å²) in [5.41, 5.74) is 2.39. The normalized spacial score (nSPS) is 11.6. The zero-order chi connectivity index (χ0) is 20.2. The third kappa shape index (κ3) is 9.16. The number of hydrogen-bond donors (Lipinski definition) is 2. The van der Waals surface area contributed by atoms with Crippen molar-refractivity contribution < 1.29 is 4.52 Å². The number of guanidine groups is 1. The topological polar surface area (TPSA) is 65.7 Å². The molecule has 0 aliphatic heterocycles. The zero-order valence-electron chi connectivity index (χ0n) is 18.1. The van der Waals surface area contributed by atoms with E-state index in [2.05, 4.69) is 83.0 Å². The van der Waals surface area contributed by atoms with Gasteiger partial charge >= 0.3 is 0 Å². The highest BCUT2D eigenvalue weighted by atomic mass is 127. The Morgan fingerprint density at radius 1 is 1.17 bits per heavy atom.